The Morgan fingerprint density at radius 3 is 2.28 bits per heavy atom. The van der Waals surface area contributed by atoms with E-state index in [9.17, 15) is 0 Å². The number of nitrogens with zero attached hydrogens (tertiary/aromatic N) is 2. The van der Waals surface area contributed by atoms with Gasteiger partial charge in [0, 0.05) is 58.5 Å². The van der Waals surface area contributed by atoms with Crippen molar-refractivity contribution >= 4 is 0 Å². The van der Waals surface area contributed by atoms with Crippen LogP contribution >= 0.6 is 0 Å². The molecule has 0 aliphatic carbocycles. The normalized spacial score (nSPS) is 25.5. The number of hydrogen-bond acceptors (Lipinski definition) is 4. The molecule has 0 amide bonds. The van der Waals surface area contributed by atoms with Crippen molar-refractivity contribution in [3.63, 3.8) is 0 Å². The highest BCUT2D eigenvalue weighted by atomic mass is 16.5. The van der Waals surface area contributed by atoms with Gasteiger partial charge in [-0.05, 0) is 26.7 Å². The van der Waals surface area contributed by atoms with E-state index in [0.717, 1.165) is 13.1 Å². The number of piperazine rings is 1. The van der Waals surface area contributed by atoms with Crippen molar-refractivity contribution in [2.45, 2.75) is 38.3 Å². The van der Waals surface area contributed by atoms with Gasteiger partial charge in [-0.3, -0.25) is 4.90 Å². The van der Waals surface area contributed by atoms with E-state index in [4.69, 9.17) is 4.74 Å². The fourth-order valence-corrected chi connectivity index (χ4v) is 3.22. The van der Waals surface area contributed by atoms with Gasteiger partial charge in [0.1, 0.15) is 0 Å². The van der Waals surface area contributed by atoms with Gasteiger partial charge in [0.25, 0.3) is 0 Å². The Morgan fingerprint density at radius 2 is 1.72 bits per heavy atom. The molecule has 0 aromatic heterocycles. The molecule has 0 radical (unpaired) electrons. The molecule has 2 saturated heterocycles. The fraction of sp³-hybridized carbons (Fsp3) is 1.00. The van der Waals surface area contributed by atoms with E-state index in [1.54, 1.807) is 0 Å². The van der Waals surface area contributed by atoms with Crippen LogP contribution < -0.4 is 5.32 Å². The van der Waals surface area contributed by atoms with Gasteiger partial charge in [-0.15, -0.1) is 0 Å². The van der Waals surface area contributed by atoms with Crippen LogP contribution in [0.2, 0.25) is 0 Å². The molecule has 0 saturated carbocycles. The van der Waals surface area contributed by atoms with Crippen LogP contribution in [0.25, 0.3) is 0 Å². The van der Waals surface area contributed by atoms with Gasteiger partial charge in [-0.1, -0.05) is 0 Å². The van der Waals surface area contributed by atoms with E-state index in [0.29, 0.717) is 11.6 Å². The summed E-state index contributed by atoms with van der Waals surface area (Å²) in [6.45, 7) is 13.0. The summed E-state index contributed by atoms with van der Waals surface area (Å²) in [5.74, 6) is 0. The Morgan fingerprint density at radius 1 is 1.11 bits per heavy atom. The Bertz CT molecular complexity index is 243. The maximum Gasteiger partial charge on any atom is 0.0595 e. The van der Waals surface area contributed by atoms with Crippen LogP contribution in [0, 0.1) is 0 Å². The van der Waals surface area contributed by atoms with Gasteiger partial charge in [-0.25, -0.2) is 0 Å². The molecule has 106 valence electrons. The fourth-order valence-electron chi connectivity index (χ4n) is 3.22. The van der Waals surface area contributed by atoms with Crippen LogP contribution in [-0.2, 0) is 4.74 Å². The smallest absolute Gasteiger partial charge is 0.0595 e. The summed E-state index contributed by atoms with van der Waals surface area (Å²) in [6, 6.07) is 0. The topological polar surface area (TPSA) is 27.7 Å². The van der Waals surface area contributed by atoms with Gasteiger partial charge in [0.2, 0.25) is 0 Å². The zero-order valence-electron chi connectivity index (χ0n) is 12.2. The zero-order chi connectivity index (χ0) is 13.0. The monoisotopic (exact) mass is 255 g/mol. The average molecular weight is 255 g/mol. The first kappa shape index (κ1) is 14.3. The second-order valence-electron chi connectivity index (χ2n) is 6.26. The molecule has 1 N–H and O–H groups in total. The molecule has 18 heavy (non-hydrogen) atoms. The maximum absolute atomic E-state index is 5.44. The molecule has 4 heteroatoms. The number of nitrogens with one attached hydrogen (secondary N) is 1. The Labute approximate surface area is 112 Å². The minimum Gasteiger partial charge on any atom is -0.381 e. The summed E-state index contributed by atoms with van der Waals surface area (Å²) in [7, 11) is 1.84. The third-order valence-corrected chi connectivity index (χ3v) is 4.45. The van der Waals surface area contributed by atoms with E-state index < -0.39 is 0 Å². The van der Waals surface area contributed by atoms with Gasteiger partial charge in [0.15, 0.2) is 0 Å². The average Bonchev–Trinajstić information content (AvgIpc) is 2.40. The third kappa shape index (κ3) is 3.67. The van der Waals surface area contributed by atoms with Gasteiger partial charge in [0.05, 0.1) is 6.10 Å². The van der Waals surface area contributed by atoms with Crippen LogP contribution in [0.15, 0.2) is 0 Å². The number of ether oxygens (including phenoxy) is 1. The molecular weight excluding hydrogens is 226 g/mol. The summed E-state index contributed by atoms with van der Waals surface area (Å²) >= 11 is 0. The summed E-state index contributed by atoms with van der Waals surface area (Å²) in [6.07, 6.45) is 2.87. The molecule has 2 fully saturated rings. The highest BCUT2D eigenvalue weighted by Crippen LogP contribution is 2.20. The lowest BCUT2D eigenvalue weighted by atomic mass is 9.98. The minimum atomic E-state index is 0.294. The van der Waals surface area contributed by atoms with Crippen molar-refractivity contribution in [2.24, 2.45) is 0 Å². The van der Waals surface area contributed by atoms with Crippen LogP contribution in [-0.4, -0.2) is 74.4 Å². The Kier molecular flexibility index (Phi) is 5.01. The first-order valence-electron chi connectivity index (χ1n) is 7.33. The lowest BCUT2D eigenvalue weighted by molar-refractivity contribution is 0.0124. The summed E-state index contributed by atoms with van der Waals surface area (Å²) in [5, 5.41) is 3.43. The second kappa shape index (κ2) is 6.33. The van der Waals surface area contributed by atoms with E-state index in [1.807, 2.05) is 7.11 Å². The first-order chi connectivity index (χ1) is 8.62. The highest BCUT2D eigenvalue weighted by Gasteiger charge is 2.31. The van der Waals surface area contributed by atoms with Crippen molar-refractivity contribution in [1.82, 2.24) is 15.1 Å². The summed E-state index contributed by atoms with van der Waals surface area (Å²) in [4.78, 5) is 5.24. The van der Waals surface area contributed by atoms with Crippen LogP contribution in [0.1, 0.15) is 26.7 Å². The van der Waals surface area contributed by atoms with Gasteiger partial charge >= 0.3 is 0 Å². The molecule has 0 spiro atoms. The minimum absolute atomic E-state index is 0.294. The van der Waals surface area contributed by atoms with Crippen LogP contribution in [0.4, 0.5) is 0 Å². The van der Waals surface area contributed by atoms with E-state index in [2.05, 4.69) is 29.0 Å². The quantitative estimate of drug-likeness (QED) is 0.803. The predicted molar refractivity (Wildman–Crippen MR) is 75.0 cm³/mol. The standard InChI is InChI=1S/C14H29N3O/c1-14(2,17-10-6-15-7-11-17)12-16-8-4-13(18-3)5-9-16/h13,15H,4-12H2,1-3H3. The molecule has 2 aliphatic rings. The van der Waals surface area contributed by atoms with Crippen molar-refractivity contribution in [1.29, 1.82) is 0 Å². The van der Waals surface area contributed by atoms with Crippen molar-refractivity contribution in [3.05, 3.63) is 0 Å². The Balaban J connectivity index is 1.80. The van der Waals surface area contributed by atoms with Crippen LogP contribution in [0.3, 0.4) is 0 Å². The first-order valence-corrected chi connectivity index (χ1v) is 7.33. The second-order valence-corrected chi connectivity index (χ2v) is 6.26. The summed E-state index contributed by atoms with van der Waals surface area (Å²) < 4.78 is 5.44. The molecule has 2 heterocycles. The largest absolute Gasteiger partial charge is 0.381 e. The molecule has 2 aliphatic heterocycles. The van der Waals surface area contributed by atoms with Crippen molar-refractivity contribution in [3.8, 4) is 0 Å². The number of methoxy groups -OCH3 is 1. The molecule has 0 atom stereocenters. The molecule has 0 aromatic carbocycles. The predicted octanol–water partition coefficient (Wildman–Crippen LogP) is 0.781. The third-order valence-electron chi connectivity index (χ3n) is 4.45. The van der Waals surface area contributed by atoms with Crippen molar-refractivity contribution < 1.29 is 4.74 Å². The molecular formula is C14H29N3O. The number of likely N-dealkylation sites (tertiary alicyclic amines) is 1. The molecule has 4 nitrogen and oxygen atoms in total. The van der Waals surface area contributed by atoms with E-state index >= 15 is 0 Å². The van der Waals surface area contributed by atoms with E-state index in [1.165, 1.54) is 45.6 Å². The Hall–Kier alpha value is -0.160. The van der Waals surface area contributed by atoms with E-state index in [-0.39, 0.29) is 0 Å². The SMILES string of the molecule is COC1CCN(CC(C)(C)N2CCNCC2)CC1. The lowest BCUT2D eigenvalue weighted by Gasteiger charge is -2.45. The summed E-state index contributed by atoms with van der Waals surface area (Å²) in [5.41, 5.74) is 0.294. The number of piperidine rings is 1. The van der Waals surface area contributed by atoms with Gasteiger partial charge in [-0.2, -0.15) is 0 Å². The maximum atomic E-state index is 5.44. The van der Waals surface area contributed by atoms with Gasteiger partial charge < -0.3 is 15.0 Å². The van der Waals surface area contributed by atoms with Crippen LogP contribution in [0.5, 0.6) is 0 Å². The molecule has 0 bridgehead atoms. The molecule has 0 unspecified atom stereocenters. The number of rotatable bonds is 4. The molecule has 2 rings (SSSR count). The lowest BCUT2D eigenvalue weighted by Crippen LogP contribution is -2.58. The van der Waals surface area contributed by atoms with Crippen molar-refractivity contribution in [2.75, 3.05) is 52.9 Å². The zero-order valence-corrected chi connectivity index (χ0v) is 12.2. The molecule has 0 aromatic rings. The highest BCUT2D eigenvalue weighted by molar-refractivity contribution is 4.89. The number of hydrogen-bond donors (Lipinski definition) is 1.